The summed E-state index contributed by atoms with van der Waals surface area (Å²) in [5.74, 6) is -0.141. The Kier molecular flexibility index (Phi) is 8.08. The first-order valence-electron chi connectivity index (χ1n) is 12.5. The van der Waals surface area contributed by atoms with E-state index in [0.29, 0.717) is 22.1 Å². The molecule has 1 saturated carbocycles. The van der Waals surface area contributed by atoms with Gasteiger partial charge in [0, 0.05) is 37.1 Å². The van der Waals surface area contributed by atoms with Crippen LogP contribution in [0.2, 0.25) is 0 Å². The quantitative estimate of drug-likeness (QED) is 0.305. The lowest BCUT2D eigenvalue weighted by molar-refractivity contribution is -0.118. The van der Waals surface area contributed by atoms with Gasteiger partial charge < -0.3 is 10.6 Å². The van der Waals surface area contributed by atoms with Crippen molar-refractivity contribution in [1.29, 1.82) is 0 Å². The van der Waals surface area contributed by atoms with Gasteiger partial charge in [-0.2, -0.15) is 0 Å². The molecule has 1 aliphatic rings. The molecular formula is C26H28N8O2S2. The third-order valence-corrected chi connectivity index (χ3v) is 8.74. The van der Waals surface area contributed by atoms with Crippen LogP contribution in [0.3, 0.4) is 0 Å². The zero-order valence-corrected chi connectivity index (χ0v) is 22.7. The molecule has 1 fully saturated rings. The lowest BCUT2D eigenvalue weighted by Gasteiger charge is -2.10. The summed E-state index contributed by atoms with van der Waals surface area (Å²) in [5.41, 5.74) is 1.71. The van der Waals surface area contributed by atoms with Crippen LogP contribution >= 0.6 is 22.7 Å². The highest BCUT2D eigenvalue weighted by Crippen LogP contribution is 2.41. The summed E-state index contributed by atoms with van der Waals surface area (Å²) in [6, 6.07) is 7.41. The molecule has 4 heterocycles. The molecule has 0 aliphatic heterocycles. The molecule has 1 aliphatic carbocycles. The lowest BCUT2D eigenvalue weighted by atomic mass is 10.0. The second-order valence-corrected chi connectivity index (χ2v) is 11.6. The Balaban J connectivity index is 1.11. The van der Waals surface area contributed by atoms with E-state index in [0.717, 1.165) is 46.8 Å². The van der Waals surface area contributed by atoms with E-state index in [4.69, 9.17) is 0 Å². The minimum absolute atomic E-state index is 0.126. The highest BCUT2D eigenvalue weighted by atomic mass is 32.1. The fourth-order valence-electron chi connectivity index (χ4n) is 4.56. The van der Waals surface area contributed by atoms with Gasteiger partial charge in [0.15, 0.2) is 0 Å². The Labute approximate surface area is 228 Å². The first-order chi connectivity index (χ1) is 18.5. The number of aromatic nitrogens is 6. The third kappa shape index (κ3) is 6.25. The number of carbonyl (C=O) groups is 2. The summed E-state index contributed by atoms with van der Waals surface area (Å²) >= 11 is 2.87. The molecule has 38 heavy (non-hydrogen) atoms. The number of nitrogens with zero attached hydrogens (tertiary/aromatic N) is 6. The molecule has 0 saturated heterocycles. The van der Waals surface area contributed by atoms with Gasteiger partial charge in [0.1, 0.15) is 10.0 Å². The minimum atomic E-state index is -0.327. The Morgan fingerprint density at radius 1 is 0.868 bits per heavy atom. The van der Waals surface area contributed by atoms with Crippen molar-refractivity contribution in [2.75, 3.05) is 10.6 Å². The number of rotatable bonds is 9. The molecule has 196 valence electrons. The molecule has 12 heteroatoms. The molecule has 0 aromatic carbocycles. The van der Waals surface area contributed by atoms with E-state index in [2.05, 4.69) is 41.0 Å². The monoisotopic (exact) mass is 548 g/mol. The van der Waals surface area contributed by atoms with Crippen molar-refractivity contribution in [3.05, 3.63) is 70.2 Å². The molecule has 0 bridgehead atoms. The molecular weight excluding hydrogens is 520 g/mol. The molecule has 0 unspecified atom stereocenters. The van der Waals surface area contributed by atoms with Crippen LogP contribution in [0.15, 0.2) is 49.1 Å². The van der Waals surface area contributed by atoms with Gasteiger partial charge in [0.25, 0.3) is 0 Å². The van der Waals surface area contributed by atoms with E-state index in [1.54, 1.807) is 24.8 Å². The van der Waals surface area contributed by atoms with Gasteiger partial charge >= 0.3 is 0 Å². The van der Waals surface area contributed by atoms with Crippen LogP contribution in [-0.2, 0) is 16.0 Å². The van der Waals surface area contributed by atoms with Crippen LogP contribution < -0.4 is 10.6 Å². The van der Waals surface area contributed by atoms with Crippen LogP contribution in [0.1, 0.15) is 72.0 Å². The number of pyridine rings is 2. The van der Waals surface area contributed by atoms with E-state index in [-0.39, 0.29) is 23.7 Å². The SMILES string of the molecule is C[C@H](C(=O)Nc1nnc([C@H]2CC[C@@H](Cc3nnc(NC(=O)[C@H](C)c4cccnc4)s3)C2)s1)c1cccnc1. The normalized spacial score (nSPS) is 18.6. The zero-order chi connectivity index (χ0) is 26.5. The van der Waals surface area contributed by atoms with Crippen LogP contribution in [0.25, 0.3) is 0 Å². The van der Waals surface area contributed by atoms with Crippen molar-refractivity contribution < 1.29 is 9.59 Å². The van der Waals surface area contributed by atoms with Gasteiger partial charge in [-0.25, -0.2) is 0 Å². The Bertz CT molecular complexity index is 1380. The molecule has 4 atom stereocenters. The van der Waals surface area contributed by atoms with E-state index in [9.17, 15) is 9.59 Å². The molecule has 10 nitrogen and oxygen atoms in total. The summed E-state index contributed by atoms with van der Waals surface area (Å²) in [6.45, 7) is 3.69. The summed E-state index contributed by atoms with van der Waals surface area (Å²) < 4.78 is 0. The van der Waals surface area contributed by atoms with E-state index in [1.807, 2.05) is 38.1 Å². The standard InChI is InChI=1S/C26H28N8O2S2/c1-15(19-5-3-9-27-13-19)22(35)29-25-33-31-21(37-25)12-17-7-8-18(11-17)24-32-34-26(38-24)30-23(36)16(2)20-6-4-10-28-14-20/h3-6,9-10,13-18H,7-8,11-12H2,1-2H3,(H,29,33,35)(H,30,34,36)/t15-,16+,17-,18+/m1/s1. The third-order valence-electron chi connectivity index (χ3n) is 6.88. The summed E-state index contributed by atoms with van der Waals surface area (Å²) in [6.07, 6.45) is 10.6. The topological polar surface area (TPSA) is 136 Å². The minimum Gasteiger partial charge on any atom is -0.300 e. The number of carbonyl (C=O) groups excluding carboxylic acids is 2. The van der Waals surface area contributed by atoms with Crippen molar-refractivity contribution in [3.63, 3.8) is 0 Å². The molecule has 2 amide bonds. The van der Waals surface area contributed by atoms with Gasteiger partial charge in [-0.05, 0) is 62.3 Å². The van der Waals surface area contributed by atoms with Gasteiger partial charge in [-0.1, -0.05) is 34.8 Å². The zero-order valence-electron chi connectivity index (χ0n) is 21.1. The fraction of sp³-hybridized carbons (Fsp3) is 0.385. The summed E-state index contributed by atoms with van der Waals surface area (Å²) in [7, 11) is 0. The summed E-state index contributed by atoms with van der Waals surface area (Å²) in [4.78, 5) is 33.4. The van der Waals surface area contributed by atoms with Crippen LogP contribution in [0.5, 0.6) is 0 Å². The number of anilines is 2. The van der Waals surface area contributed by atoms with Crippen LogP contribution in [-0.4, -0.2) is 42.2 Å². The molecule has 5 rings (SSSR count). The molecule has 0 radical (unpaired) electrons. The molecule has 4 aromatic heterocycles. The van der Waals surface area contributed by atoms with Crippen LogP contribution in [0.4, 0.5) is 10.3 Å². The van der Waals surface area contributed by atoms with Crippen molar-refractivity contribution in [3.8, 4) is 0 Å². The van der Waals surface area contributed by atoms with Crippen molar-refractivity contribution in [2.45, 2.75) is 57.3 Å². The predicted molar refractivity (Wildman–Crippen MR) is 146 cm³/mol. The first-order valence-corrected chi connectivity index (χ1v) is 14.2. The fourth-order valence-corrected chi connectivity index (χ4v) is 6.31. The first kappa shape index (κ1) is 26.0. The maximum absolute atomic E-state index is 12.6. The maximum Gasteiger partial charge on any atom is 0.233 e. The highest BCUT2D eigenvalue weighted by Gasteiger charge is 2.30. The maximum atomic E-state index is 12.6. The Morgan fingerprint density at radius 2 is 1.47 bits per heavy atom. The van der Waals surface area contributed by atoms with E-state index < -0.39 is 0 Å². The average molecular weight is 549 g/mol. The predicted octanol–water partition coefficient (Wildman–Crippen LogP) is 4.79. The van der Waals surface area contributed by atoms with Gasteiger partial charge in [-0.15, -0.1) is 20.4 Å². The van der Waals surface area contributed by atoms with Crippen molar-refractivity contribution in [2.24, 2.45) is 5.92 Å². The van der Waals surface area contributed by atoms with Crippen molar-refractivity contribution in [1.82, 2.24) is 30.4 Å². The lowest BCUT2D eigenvalue weighted by Crippen LogP contribution is -2.18. The number of hydrogen-bond acceptors (Lipinski definition) is 10. The number of hydrogen-bond donors (Lipinski definition) is 2. The summed E-state index contributed by atoms with van der Waals surface area (Å²) in [5, 5.41) is 25.7. The van der Waals surface area contributed by atoms with Crippen molar-refractivity contribution >= 4 is 44.8 Å². The Hall–Kier alpha value is -3.64. The van der Waals surface area contributed by atoms with Gasteiger partial charge in [-0.3, -0.25) is 19.6 Å². The van der Waals surface area contributed by atoms with Gasteiger partial charge in [0.05, 0.1) is 11.8 Å². The largest absolute Gasteiger partial charge is 0.300 e. The van der Waals surface area contributed by atoms with E-state index in [1.165, 1.54) is 22.7 Å². The highest BCUT2D eigenvalue weighted by molar-refractivity contribution is 7.15. The molecule has 2 N–H and O–H groups in total. The second-order valence-electron chi connectivity index (χ2n) is 9.52. The second kappa shape index (κ2) is 11.8. The average Bonchev–Trinajstić information content (AvgIpc) is 3.71. The van der Waals surface area contributed by atoms with Gasteiger partial charge in [0.2, 0.25) is 22.1 Å². The van der Waals surface area contributed by atoms with E-state index >= 15 is 0 Å². The number of amides is 2. The molecule has 0 spiro atoms. The van der Waals surface area contributed by atoms with Crippen LogP contribution in [0, 0.1) is 5.92 Å². The molecule has 4 aromatic rings. The number of nitrogens with one attached hydrogen (secondary N) is 2. The smallest absolute Gasteiger partial charge is 0.233 e. The Morgan fingerprint density at radius 3 is 2.08 bits per heavy atom.